The van der Waals surface area contributed by atoms with Crippen molar-refractivity contribution in [1.82, 2.24) is 0 Å². The predicted molar refractivity (Wildman–Crippen MR) is 86.2 cm³/mol. The third-order valence-electron chi connectivity index (χ3n) is 3.09. The molecule has 2 aromatic carbocycles. The molecule has 108 valence electrons. The number of anilines is 1. The first-order valence-corrected chi connectivity index (χ1v) is 7.53. The van der Waals surface area contributed by atoms with E-state index in [9.17, 15) is 4.79 Å². The molecule has 0 saturated heterocycles. The molecule has 0 spiro atoms. The molecule has 0 radical (unpaired) electrons. The molecule has 0 fully saturated rings. The van der Waals surface area contributed by atoms with Gasteiger partial charge >= 0.3 is 0 Å². The Balaban J connectivity index is 1.97. The Morgan fingerprint density at radius 2 is 1.95 bits per heavy atom. The number of ether oxygens (including phenoxy) is 1. The van der Waals surface area contributed by atoms with Crippen LogP contribution in [-0.4, -0.2) is 5.91 Å². The van der Waals surface area contributed by atoms with E-state index in [1.807, 2.05) is 0 Å². The van der Waals surface area contributed by atoms with Crippen LogP contribution in [0.4, 0.5) is 5.69 Å². The maximum absolute atomic E-state index is 11.6. The van der Waals surface area contributed by atoms with Crippen molar-refractivity contribution in [1.29, 1.82) is 0 Å². The van der Waals surface area contributed by atoms with Crippen LogP contribution in [0.3, 0.4) is 0 Å². The minimum absolute atomic E-state index is 0.258. The Hall–Kier alpha value is -1.27. The van der Waals surface area contributed by atoms with Gasteiger partial charge in [-0.2, -0.15) is 0 Å². The summed E-state index contributed by atoms with van der Waals surface area (Å²) in [5, 5.41) is 3.66. The van der Waals surface area contributed by atoms with Gasteiger partial charge in [-0.05, 0) is 40.2 Å². The molecule has 7 heteroatoms. The molecule has 1 heterocycles. The summed E-state index contributed by atoms with van der Waals surface area (Å²) in [6.45, 7) is 0. The fraction of sp³-hybridized carbons (Fsp3) is 0.0714. The van der Waals surface area contributed by atoms with Crippen LogP contribution in [0.1, 0.15) is 11.6 Å². The topological polar surface area (TPSA) is 64.4 Å². The Kier molecular flexibility index (Phi) is 3.84. The summed E-state index contributed by atoms with van der Waals surface area (Å²) < 4.78 is 6.46. The van der Waals surface area contributed by atoms with Crippen LogP contribution in [-0.2, 0) is 4.79 Å². The largest absolute Gasteiger partial charge is 0.455 e. The summed E-state index contributed by atoms with van der Waals surface area (Å²) >= 11 is 15.4. The van der Waals surface area contributed by atoms with Gasteiger partial charge in [-0.25, -0.2) is 0 Å². The van der Waals surface area contributed by atoms with Gasteiger partial charge in [-0.1, -0.05) is 23.2 Å². The van der Waals surface area contributed by atoms with Crippen molar-refractivity contribution < 1.29 is 9.53 Å². The first-order chi connectivity index (χ1) is 9.95. The first-order valence-electron chi connectivity index (χ1n) is 5.98. The van der Waals surface area contributed by atoms with Crippen LogP contribution in [0.2, 0.25) is 10.0 Å². The molecule has 3 N–H and O–H groups in total. The summed E-state index contributed by atoms with van der Waals surface area (Å²) in [5.41, 5.74) is 7.04. The number of nitrogens with one attached hydrogen (secondary N) is 1. The number of rotatable bonds is 2. The molecule has 0 bridgehead atoms. The lowest BCUT2D eigenvalue weighted by Crippen LogP contribution is -2.19. The van der Waals surface area contributed by atoms with Crippen molar-refractivity contribution in [3.63, 3.8) is 0 Å². The highest BCUT2D eigenvalue weighted by Crippen LogP contribution is 2.41. The number of halogens is 3. The van der Waals surface area contributed by atoms with Crippen LogP contribution in [0.15, 0.2) is 34.8 Å². The van der Waals surface area contributed by atoms with Crippen LogP contribution in [0, 0.1) is 0 Å². The zero-order valence-corrected chi connectivity index (χ0v) is 13.6. The van der Waals surface area contributed by atoms with E-state index in [1.54, 1.807) is 30.3 Å². The molecule has 1 atom stereocenters. The van der Waals surface area contributed by atoms with Crippen molar-refractivity contribution in [2.45, 2.75) is 6.04 Å². The monoisotopic (exact) mass is 386 g/mol. The van der Waals surface area contributed by atoms with Crippen molar-refractivity contribution in [3.05, 3.63) is 50.4 Å². The van der Waals surface area contributed by atoms with Gasteiger partial charge in [0.05, 0.1) is 9.50 Å². The van der Waals surface area contributed by atoms with E-state index in [2.05, 4.69) is 21.2 Å². The highest BCUT2D eigenvalue weighted by Gasteiger charge is 2.28. The molecule has 3 rings (SSSR count). The van der Waals surface area contributed by atoms with Crippen LogP contribution in [0.25, 0.3) is 0 Å². The Morgan fingerprint density at radius 3 is 2.67 bits per heavy atom. The zero-order valence-electron chi connectivity index (χ0n) is 10.5. The molecule has 2 aromatic rings. The molecule has 0 saturated carbocycles. The number of benzene rings is 2. The number of carbonyl (C=O) groups is 1. The fourth-order valence-corrected chi connectivity index (χ4v) is 3.02. The summed E-state index contributed by atoms with van der Waals surface area (Å²) in [5.74, 6) is 0.730. The first kappa shape index (κ1) is 14.7. The van der Waals surface area contributed by atoms with Crippen LogP contribution >= 0.6 is 39.1 Å². The van der Waals surface area contributed by atoms with Gasteiger partial charge < -0.3 is 15.8 Å². The summed E-state index contributed by atoms with van der Waals surface area (Å²) in [4.78, 5) is 11.6. The second kappa shape index (κ2) is 5.50. The molecule has 1 aliphatic heterocycles. The van der Waals surface area contributed by atoms with E-state index < -0.39 is 6.04 Å². The number of nitrogens with two attached hydrogens (primary N) is 1. The molecular formula is C14H9BrCl2N2O2. The quantitative estimate of drug-likeness (QED) is 0.797. The van der Waals surface area contributed by atoms with Crippen molar-refractivity contribution >= 4 is 50.7 Å². The van der Waals surface area contributed by atoms with E-state index in [-0.39, 0.29) is 5.91 Å². The summed E-state index contributed by atoms with van der Waals surface area (Å²) in [6, 6.07) is 7.74. The second-order valence-corrected chi connectivity index (χ2v) is 6.21. The number of fused-ring (bicyclic) bond motifs is 1. The van der Waals surface area contributed by atoms with Gasteiger partial charge in [0.25, 0.3) is 0 Å². The van der Waals surface area contributed by atoms with Crippen molar-refractivity contribution in [2.24, 2.45) is 5.73 Å². The van der Waals surface area contributed by atoms with Gasteiger partial charge in [0, 0.05) is 22.3 Å². The lowest BCUT2D eigenvalue weighted by molar-refractivity contribution is -0.116. The highest BCUT2D eigenvalue weighted by molar-refractivity contribution is 9.10. The number of amides is 1. The average Bonchev–Trinajstić information content (AvgIpc) is 2.69. The Labute approximate surface area is 139 Å². The van der Waals surface area contributed by atoms with E-state index in [1.165, 1.54) is 0 Å². The molecule has 0 aromatic heterocycles. The third-order valence-corrected chi connectivity index (χ3v) is 4.24. The average molecular weight is 388 g/mol. The molecule has 0 aliphatic carbocycles. The van der Waals surface area contributed by atoms with Crippen molar-refractivity contribution in [3.8, 4) is 11.5 Å². The van der Waals surface area contributed by atoms with Gasteiger partial charge in [0.15, 0.2) is 0 Å². The fourth-order valence-electron chi connectivity index (χ4n) is 2.04. The molecule has 4 nitrogen and oxygen atoms in total. The van der Waals surface area contributed by atoms with E-state index >= 15 is 0 Å². The maximum Gasteiger partial charge on any atom is 0.245 e. The van der Waals surface area contributed by atoms with Crippen molar-refractivity contribution in [2.75, 3.05) is 5.32 Å². The molecule has 21 heavy (non-hydrogen) atoms. The minimum Gasteiger partial charge on any atom is -0.455 e. The minimum atomic E-state index is -0.700. The number of carbonyl (C=O) groups excluding carboxylic acids is 1. The van der Waals surface area contributed by atoms with E-state index in [0.29, 0.717) is 37.3 Å². The third kappa shape index (κ3) is 2.74. The number of hydrogen-bond acceptors (Lipinski definition) is 3. The highest BCUT2D eigenvalue weighted by atomic mass is 79.9. The molecule has 1 aliphatic rings. The second-order valence-electron chi connectivity index (χ2n) is 4.51. The Morgan fingerprint density at radius 1 is 1.19 bits per heavy atom. The van der Waals surface area contributed by atoms with E-state index in [4.69, 9.17) is 33.7 Å². The standard InChI is InChI=1S/C14H9BrCl2N2O2/c15-8-3-6(16)1-2-11(8)21-12-5-10-7(4-9(12)17)13(18)14(20)19-10/h1-5,13H,18H2,(H,19,20). The van der Waals surface area contributed by atoms with Crippen LogP contribution in [0.5, 0.6) is 11.5 Å². The maximum atomic E-state index is 11.6. The molecular weight excluding hydrogens is 379 g/mol. The van der Waals surface area contributed by atoms with Gasteiger partial charge in [0.1, 0.15) is 17.5 Å². The molecule has 1 amide bonds. The number of hydrogen-bond donors (Lipinski definition) is 2. The Bertz CT molecular complexity index is 752. The zero-order chi connectivity index (χ0) is 15.1. The lowest BCUT2D eigenvalue weighted by Gasteiger charge is -2.11. The van der Waals surface area contributed by atoms with Gasteiger partial charge in [-0.15, -0.1) is 0 Å². The van der Waals surface area contributed by atoms with Gasteiger partial charge in [0.2, 0.25) is 5.91 Å². The van der Waals surface area contributed by atoms with E-state index in [0.717, 1.165) is 0 Å². The SMILES string of the molecule is NC1C(=O)Nc2cc(Oc3ccc(Cl)cc3Br)c(Cl)cc21. The predicted octanol–water partition coefficient (Wildman–Crippen LogP) is 4.50. The molecule has 1 unspecified atom stereocenters. The van der Waals surface area contributed by atoms with Crippen LogP contribution < -0.4 is 15.8 Å². The normalized spacial score (nSPS) is 16.6. The summed E-state index contributed by atoms with van der Waals surface area (Å²) in [7, 11) is 0. The lowest BCUT2D eigenvalue weighted by atomic mass is 10.1. The summed E-state index contributed by atoms with van der Waals surface area (Å²) in [6.07, 6.45) is 0. The van der Waals surface area contributed by atoms with Gasteiger partial charge in [-0.3, -0.25) is 4.79 Å². The smallest absolute Gasteiger partial charge is 0.245 e.